The molecule has 0 saturated heterocycles. The van der Waals surface area contributed by atoms with Crippen molar-refractivity contribution in [2.75, 3.05) is 13.2 Å². The van der Waals surface area contributed by atoms with Crippen LogP contribution in [0.25, 0.3) is 16.9 Å². The molecule has 4 aromatic rings. The Bertz CT molecular complexity index is 1110. The van der Waals surface area contributed by atoms with Crippen LogP contribution in [0.15, 0.2) is 85.3 Å². The highest BCUT2D eigenvalue weighted by atomic mass is 35.5. The van der Waals surface area contributed by atoms with Crippen molar-refractivity contribution in [3.05, 3.63) is 95.9 Å². The van der Waals surface area contributed by atoms with Gasteiger partial charge in [-0.1, -0.05) is 29.8 Å². The summed E-state index contributed by atoms with van der Waals surface area (Å²) in [6, 6.07) is 20.4. The average molecular weight is 419 g/mol. The summed E-state index contributed by atoms with van der Waals surface area (Å²) in [5, 5.41) is 8.17. The minimum absolute atomic E-state index is 0.226. The van der Waals surface area contributed by atoms with Crippen molar-refractivity contribution < 1.29 is 9.53 Å². The number of carbonyl (C=O) groups excluding carboxylic acids is 1. The van der Waals surface area contributed by atoms with Gasteiger partial charge in [0, 0.05) is 29.2 Å². The van der Waals surface area contributed by atoms with Crippen LogP contribution in [0.3, 0.4) is 0 Å². The number of para-hydroxylation sites is 1. The molecule has 0 spiro atoms. The second kappa shape index (κ2) is 9.24. The van der Waals surface area contributed by atoms with Crippen LogP contribution in [0.4, 0.5) is 0 Å². The van der Waals surface area contributed by atoms with E-state index in [-0.39, 0.29) is 5.91 Å². The molecule has 1 amide bonds. The lowest BCUT2D eigenvalue weighted by Crippen LogP contribution is -2.28. The van der Waals surface area contributed by atoms with Gasteiger partial charge >= 0.3 is 0 Å². The lowest BCUT2D eigenvalue weighted by Gasteiger charge is -2.08. The van der Waals surface area contributed by atoms with E-state index in [1.165, 1.54) is 0 Å². The molecular weight excluding hydrogens is 400 g/mol. The zero-order chi connectivity index (χ0) is 20.8. The number of nitrogens with one attached hydrogen (secondary N) is 1. The lowest BCUT2D eigenvalue weighted by atomic mass is 10.1. The number of pyridine rings is 1. The number of ether oxygens (including phenoxy) is 1. The Labute approximate surface area is 179 Å². The number of hydrogen-bond donors (Lipinski definition) is 1. The van der Waals surface area contributed by atoms with Crippen LogP contribution in [0.1, 0.15) is 10.4 Å². The summed E-state index contributed by atoms with van der Waals surface area (Å²) in [4.78, 5) is 17.0. The summed E-state index contributed by atoms with van der Waals surface area (Å²) in [7, 11) is 0. The number of amides is 1. The molecule has 0 atom stereocenters. The van der Waals surface area contributed by atoms with E-state index in [1.807, 2.05) is 42.5 Å². The fraction of sp³-hybridized carbons (Fsp3) is 0.0870. The van der Waals surface area contributed by atoms with Gasteiger partial charge in [0.2, 0.25) is 0 Å². The molecule has 0 unspecified atom stereocenters. The second-order valence-corrected chi connectivity index (χ2v) is 6.91. The summed E-state index contributed by atoms with van der Waals surface area (Å²) in [5.41, 5.74) is 2.68. The van der Waals surface area contributed by atoms with Crippen molar-refractivity contribution in [3.8, 4) is 22.7 Å². The number of rotatable bonds is 7. The summed E-state index contributed by atoms with van der Waals surface area (Å²) in [6.45, 7) is 0.687. The van der Waals surface area contributed by atoms with Crippen molar-refractivity contribution in [1.82, 2.24) is 20.1 Å². The van der Waals surface area contributed by atoms with E-state index in [1.54, 1.807) is 47.5 Å². The molecule has 0 saturated carbocycles. The Morgan fingerprint density at radius 2 is 1.83 bits per heavy atom. The highest BCUT2D eigenvalue weighted by Crippen LogP contribution is 2.23. The molecule has 6 nitrogen and oxygen atoms in total. The Morgan fingerprint density at radius 1 is 1.03 bits per heavy atom. The highest BCUT2D eigenvalue weighted by Gasteiger charge is 2.18. The van der Waals surface area contributed by atoms with E-state index in [2.05, 4.69) is 15.4 Å². The van der Waals surface area contributed by atoms with E-state index in [0.29, 0.717) is 35.2 Å². The van der Waals surface area contributed by atoms with Gasteiger partial charge in [-0.15, -0.1) is 0 Å². The van der Waals surface area contributed by atoms with Gasteiger partial charge < -0.3 is 10.1 Å². The fourth-order valence-corrected chi connectivity index (χ4v) is 3.05. The molecule has 0 bridgehead atoms. The van der Waals surface area contributed by atoms with Gasteiger partial charge in [-0.3, -0.25) is 9.78 Å². The van der Waals surface area contributed by atoms with Crippen LogP contribution in [0, 0.1) is 0 Å². The monoisotopic (exact) mass is 418 g/mol. The minimum Gasteiger partial charge on any atom is -0.492 e. The third-order valence-corrected chi connectivity index (χ3v) is 4.64. The molecule has 4 rings (SSSR count). The molecular formula is C23H19ClN4O2. The highest BCUT2D eigenvalue weighted by molar-refractivity contribution is 6.30. The van der Waals surface area contributed by atoms with E-state index < -0.39 is 0 Å². The van der Waals surface area contributed by atoms with Gasteiger partial charge in [-0.05, 0) is 48.5 Å². The zero-order valence-corrected chi connectivity index (χ0v) is 16.8. The van der Waals surface area contributed by atoms with Crippen LogP contribution >= 0.6 is 11.6 Å². The van der Waals surface area contributed by atoms with Gasteiger partial charge in [0.1, 0.15) is 18.1 Å². The molecule has 2 aromatic heterocycles. The predicted octanol–water partition coefficient (Wildman–Crippen LogP) is 4.40. The maximum atomic E-state index is 12.9. The Morgan fingerprint density at radius 3 is 2.57 bits per heavy atom. The van der Waals surface area contributed by atoms with Crippen molar-refractivity contribution in [2.24, 2.45) is 0 Å². The molecule has 0 aliphatic carbocycles. The first-order valence-corrected chi connectivity index (χ1v) is 9.80. The predicted molar refractivity (Wildman–Crippen MR) is 116 cm³/mol. The van der Waals surface area contributed by atoms with Gasteiger partial charge in [-0.2, -0.15) is 5.10 Å². The molecule has 30 heavy (non-hydrogen) atoms. The third-order valence-electron chi connectivity index (χ3n) is 4.38. The molecule has 2 aromatic carbocycles. The van der Waals surface area contributed by atoms with Gasteiger partial charge in [0.25, 0.3) is 5.91 Å². The number of nitrogens with zero attached hydrogens (tertiary/aromatic N) is 3. The molecule has 0 aliphatic rings. The van der Waals surface area contributed by atoms with Crippen LogP contribution in [0.2, 0.25) is 5.02 Å². The third kappa shape index (κ3) is 4.67. The first-order chi connectivity index (χ1) is 14.7. The number of carbonyl (C=O) groups is 1. The van der Waals surface area contributed by atoms with E-state index >= 15 is 0 Å². The van der Waals surface area contributed by atoms with E-state index in [0.717, 1.165) is 11.3 Å². The Balaban J connectivity index is 1.49. The van der Waals surface area contributed by atoms with Crippen molar-refractivity contribution in [2.45, 2.75) is 0 Å². The minimum atomic E-state index is -0.226. The molecule has 2 heterocycles. The van der Waals surface area contributed by atoms with Crippen molar-refractivity contribution >= 4 is 17.5 Å². The first-order valence-electron chi connectivity index (χ1n) is 9.43. The van der Waals surface area contributed by atoms with E-state index in [9.17, 15) is 4.79 Å². The molecule has 0 fully saturated rings. The summed E-state index contributed by atoms with van der Waals surface area (Å²) in [6.07, 6.45) is 5.11. The summed E-state index contributed by atoms with van der Waals surface area (Å²) < 4.78 is 7.33. The van der Waals surface area contributed by atoms with E-state index in [4.69, 9.17) is 16.3 Å². The van der Waals surface area contributed by atoms with Crippen molar-refractivity contribution in [3.63, 3.8) is 0 Å². The van der Waals surface area contributed by atoms with Crippen LogP contribution in [-0.4, -0.2) is 33.8 Å². The summed E-state index contributed by atoms with van der Waals surface area (Å²) >= 11 is 5.87. The van der Waals surface area contributed by atoms with Crippen LogP contribution in [-0.2, 0) is 0 Å². The smallest absolute Gasteiger partial charge is 0.255 e. The molecule has 0 radical (unpaired) electrons. The van der Waals surface area contributed by atoms with Gasteiger partial charge in [0.05, 0.1) is 17.8 Å². The topological polar surface area (TPSA) is 69.0 Å². The zero-order valence-electron chi connectivity index (χ0n) is 16.0. The fourth-order valence-electron chi connectivity index (χ4n) is 2.93. The standard InChI is InChI=1S/C23H19ClN4O2/c24-18-8-10-20(11-9-18)30-14-13-26-23(29)21-16-28(19-6-2-1-3-7-19)27-22(21)17-5-4-12-25-15-17/h1-12,15-16H,13-14H2,(H,26,29). The van der Waals surface area contributed by atoms with Gasteiger partial charge in [0.15, 0.2) is 0 Å². The van der Waals surface area contributed by atoms with Crippen molar-refractivity contribution in [1.29, 1.82) is 0 Å². The maximum absolute atomic E-state index is 12.9. The molecule has 150 valence electrons. The quantitative estimate of drug-likeness (QED) is 0.452. The van der Waals surface area contributed by atoms with Gasteiger partial charge in [-0.25, -0.2) is 4.68 Å². The van der Waals surface area contributed by atoms with Crippen LogP contribution in [0.5, 0.6) is 5.75 Å². The Kier molecular flexibility index (Phi) is 6.06. The number of benzene rings is 2. The number of halogens is 1. The molecule has 0 aliphatic heterocycles. The largest absolute Gasteiger partial charge is 0.492 e. The first kappa shape index (κ1) is 19.7. The number of hydrogen-bond acceptors (Lipinski definition) is 4. The maximum Gasteiger partial charge on any atom is 0.255 e. The normalized spacial score (nSPS) is 10.6. The SMILES string of the molecule is O=C(NCCOc1ccc(Cl)cc1)c1cn(-c2ccccc2)nc1-c1cccnc1. The Hall–Kier alpha value is -3.64. The second-order valence-electron chi connectivity index (χ2n) is 6.47. The summed E-state index contributed by atoms with van der Waals surface area (Å²) in [5.74, 6) is 0.470. The van der Waals surface area contributed by atoms with Crippen LogP contribution < -0.4 is 10.1 Å². The molecule has 1 N–H and O–H groups in total. The average Bonchev–Trinajstić information content (AvgIpc) is 3.25. The lowest BCUT2D eigenvalue weighted by molar-refractivity contribution is 0.0947. The number of aromatic nitrogens is 3. The molecule has 7 heteroatoms.